The summed E-state index contributed by atoms with van der Waals surface area (Å²) >= 11 is 0. The van der Waals surface area contributed by atoms with Crippen LogP contribution in [-0.4, -0.2) is 35.9 Å². The molecule has 0 aromatic heterocycles. The molecule has 1 aromatic rings. The number of ketones is 1. The summed E-state index contributed by atoms with van der Waals surface area (Å²) < 4.78 is 19.1. The number of hydrogen-bond acceptors (Lipinski definition) is 3. The molecule has 0 radical (unpaired) electrons. The van der Waals surface area contributed by atoms with Crippen molar-refractivity contribution in [3.05, 3.63) is 29.6 Å². The lowest BCUT2D eigenvalue weighted by atomic mass is 10.1. The van der Waals surface area contributed by atoms with E-state index in [-0.39, 0.29) is 17.7 Å². The largest absolute Gasteiger partial charge is 0.488 e. The molecule has 0 N–H and O–H groups in total. The van der Waals surface area contributed by atoms with Gasteiger partial charge in [0, 0.05) is 31.0 Å². The number of benzene rings is 1. The summed E-state index contributed by atoms with van der Waals surface area (Å²) in [5.41, 5.74) is 0.956. The van der Waals surface area contributed by atoms with Crippen LogP contribution in [0.25, 0.3) is 0 Å². The van der Waals surface area contributed by atoms with Crippen molar-refractivity contribution in [2.24, 2.45) is 0 Å². The summed E-state index contributed by atoms with van der Waals surface area (Å²) in [5, 5.41) is 0. The van der Waals surface area contributed by atoms with E-state index in [1.54, 1.807) is 19.1 Å². The summed E-state index contributed by atoms with van der Waals surface area (Å²) in [7, 11) is 0. The van der Waals surface area contributed by atoms with Gasteiger partial charge in [-0.1, -0.05) is 0 Å². The van der Waals surface area contributed by atoms with E-state index in [4.69, 9.17) is 4.74 Å². The van der Waals surface area contributed by atoms with Crippen LogP contribution >= 0.6 is 0 Å². The van der Waals surface area contributed by atoms with E-state index in [2.05, 4.69) is 4.90 Å². The molecule has 0 aliphatic carbocycles. The van der Waals surface area contributed by atoms with Gasteiger partial charge in [0.25, 0.3) is 0 Å². The van der Waals surface area contributed by atoms with E-state index >= 15 is 0 Å². The van der Waals surface area contributed by atoms with Gasteiger partial charge in [0.15, 0.2) is 0 Å². The third-order valence-electron chi connectivity index (χ3n) is 4.22. The Bertz CT molecular complexity index is 517. The predicted octanol–water partition coefficient (Wildman–Crippen LogP) is 2.57. The fourth-order valence-electron chi connectivity index (χ4n) is 3.35. The average molecular weight is 277 g/mol. The van der Waals surface area contributed by atoms with E-state index < -0.39 is 0 Å². The maximum absolute atomic E-state index is 13.2. The highest BCUT2D eigenvalue weighted by Gasteiger charge is 2.31. The SMILES string of the molecule is CC(=O)CC1CCCN1CC1Cc2cc(F)ccc2O1. The number of ether oxygens (including phenoxy) is 1. The second-order valence-corrected chi connectivity index (χ2v) is 5.89. The Kier molecular flexibility index (Phi) is 3.74. The summed E-state index contributed by atoms with van der Waals surface area (Å²) in [6.07, 6.45) is 3.71. The second-order valence-electron chi connectivity index (χ2n) is 5.89. The summed E-state index contributed by atoms with van der Waals surface area (Å²) in [6, 6.07) is 5.07. The van der Waals surface area contributed by atoms with Gasteiger partial charge in [0.2, 0.25) is 0 Å². The Hall–Kier alpha value is -1.42. The van der Waals surface area contributed by atoms with Gasteiger partial charge < -0.3 is 4.74 Å². The van der Waals surface area contributed by atoms with Crippen LogP contribution in [0.4, 0.5) is 4.39 Å². The van der Waals surface area contributed by atoms with Crippen LogP contribution in [0, 0.1) is 5.82 Å². The molecule has 4 heteroatoms. The number of Topliss-reactive ketones (excluding diaryl/α,β-unsaturated/α-hetero) is 1. The standard InChI is InChI=1S/C16H20FNO2/c1-11(19)7-14-3-2-6-18(14)10-15-9-12-8-13(17)4-5-16(12)20-15/h4-5,8,14-15H,2-3,6-7,9-10H2,1H3. The van der Waals surface area contributed by atoms with Crippen molar-refractivity contribution in [1.29, 1.82) is 0 Å². The van der Waals surface area contributed by atoms with Gasteiger partial charge in [0.05, 0.1) is 0 Å². The highest BCUT2D eigenvalue weighted by molar-refractivity contribution is 5.76. The van der Waals surface area contributed by atoms with Gasteiger partial charge in [-0.25, -0.2) is 4.39 Å². The van der Waals surface area contributed by atoms with Crippen molar-refractivity contribution in [1.82, 2.24) is 4.90 Å². The monoisotopic (exact) mass is 277 g/mol. The molecule has 0 bridgehead atoms. The molecule has 2 aliphatic heterocycles. The van der Waals surface area contributed by atoms with Crippen molar-refractivity contribution in [2.45, 2.75) is 44.8 Å². The average Bonchev–Trinajstić information content (AvgIpc) is 2.95. The molecule has 3 nitrogen and oxygen atoms in total. The minimum absolute atomic E-state index is 0.0827. The maximum Gasteiger partial charge on any atom is 0.131 e. The number of hydrogen-bond donors (Lipinski definition) is 0. The van der Waals surface area contributed by atoms with Crippen molar-refractivity contribution in [2.75, 3.05) is 13.1 Å². The first-order valence-corrected chi connectivity index (χ1v) is 7.30. The molecule has 0 amide bonds. The lowest BCUT2D eigenvalue weighted by molar-refractivity contribution is -0.118. The zero-order valence-corrected chi connectivity index (χ0v) is 11.8. The summed E-state index contributed by atoms with van der Waals surface area (Å²) in [5.74, 6) is 0.849. The molecule has 3 rings (SSSR count). The molecule has 20 heavy (non-hydrogen) atoms. The lowest BCUT2D eigenvalue weighted by Crippen LogP contribution is -2.38. The highest BCUT2D eigenvalue weighted by Crippen LogP contribution is 2.31. The molecule has 1 fully saturated rings. The second kappa shape index (κ2) is 5.52. The Morgan fingerprint density at radius 1 is 1.50 bits per heavy atom. The van der Waals surface area contributed by atoms with Crippen molar-refractivity contribution in [3.8, 4) is 5.75 Å². The Morgan fingerprint density at radius 3 is 3.15 bits per heavy atom. The van der Waals surface area contributed by atoms with E-state index in [9.17, 15) is 9.18 Å². The molecule has 2 unspecified atom stereocenters. The van der Waals surface area contributed by atoms with Crippen LogP contribution < -0.4 is 4.74 Å². The van der Waals surface area contributed by atoms with Gasteiger partial charge in [-0.3, -0.25) is 9.69 Å². The molecule has 1 saturated heterocycles. The minimum atomic E-state index is -0.205. The van der Waals surface area contributed by atoms with E-state index in [1.165, 1.54) is 6.07 Å². The smallest absolute Gasteiger partial charge is 0.131 e. The first-order valence-electron chi connectivity index (χ1n) is 7.30. The topological polar surface area (TPSA) is 29.5 Å². The lowest BCUT2D eigenvalue weighted by Gasteiger charge is -2.26. The number of rotatable bonds is 4. The van der Waals surface area contributed by atoms with E-state index in [0.29, 0.717) is 12.5 Å². The molecule has 2 aliphatic rings. The number of likely N-dealkylation sites (tertiary alicyclic amines) is 1. The molecule has 0 saturated carbocycles. The summed E-state index contributed by atoms with van der Waals surface area (Å²) in [6.45, 7) is 3.51. The van der Waals surface area contributed by atoms with Crippen LogP contribution in [0.1, 0.15) is 31.7 Å². The van der Waals surface area contributed by atoms with Crippen LogP contribution in [0.2, 0.25) is 0 Å². The fraction of sp³-hybridized carbons (Fsp3) is 0.562. The molecule has 2 heterocycles. The van der Waals surface area contributed by atoms with Crippen LogP contribution in [0.3, 0.4) is 0 Å². The van der Waals surface area contributed by atoms with Gasteiger partial charge in [-0.15, -0.1) is 0 Å². The van der Waals surface area contributed by atoms with Crippen LogP contribution in [-0.2, 0) is 11.2 Å². The quantitative estimate of drug-likeness (QED) is 0.847. The Balaban J connectivity index is 1.61. The van der Waals surface area contributed by atoms with Gasteiger partial charge in [0.1, 0.15) is 23.5 Å². The van der Waals surface area contributed by atoms with Crippen molar-refractivity contribution < 1.29 is 13.9 Å². The maximum atomic E-state index is 13.2. The Morgan fingerprint density at radius 2 is 2.35 bits per heavy atom. The molecule has 108 valence electrons. The molecular formula is C16H20FNO2. The number of carbonyl (C=O) groups is 1. The van der Waals surface area contributed by atoms with E-state index in [1.807, 2.05) is 0 Å². The molecule has 2 atom stereocenters. The number of nitrogens with zero attached hydrogens (tertiary/aromatic N) is 1. The first kappa shape index (κ1) is 13.6. The van der Waals surface area contributed by atoms with Crippen molar-refractivity contribution >= 4 is 5.78 Å². The van der Waals surface area contributed by atoms with Crippen LogP contribution in [0.5, 0.6) is 5.75 Å². The number of halogens is 1. The van der Waals surface area contributed by atoms with Gasteiger partial charge in [-0.2, -0.15) is 0 Å². The highest BCUT2D eigenvalue weighted by atomic mass is 19.1. The third kappa shape index (κ3) is 2.85. The van der Waals surface area contributed by atoms with Gasteiger partial charge >= 0.3 is 0 Å². The Labute approximate surface area is 118 Å². The third-order valence-corrected chi connectivity index (χ3v) is 4.22. The zero-order valence-electron chi connectivity index (χ0n) is 11.8. The van der Waals surface area contributed by atoms with Gasteiger partial charge in [-0.05, 0) is 44.5 Å². The molecule has 0 spiro atoms. The van der Waals surface area contributed by atoms with Crippen LogP contribution in [0.15, 0.2) is 18.2 Å². The fourth-order valence-corrected chi connectivity index (χ4v) is 3.35. The number of carbonyl (C=O) groups excluding carboxylic acids is 1. The van der Waals surface area contributed by atoms with Crippen molar-refractivity contribution in [3.63, 3.8) is 0 Å². The minimum Gasteiger partial charge on any atom is -0.488 e. The first-order chi connectivity index (χ1) is 9.61. The number of fused-ring (bicyclic) bond motifs is 1. The molecule has 1 aromatic carbocycles. The predicted molar refractivity (Wildman–Crippen MR) is 74.4 cm³/mol. The normalized spacial score (nSPS) is 25.5. The summed E-state index contributed by atoms with van der Waals surface area (Å²) in [4.78, 5) is 13.7. The van der Waals surface area contributed by atoms with E-state index in [0.717, 1.165) is 43.7 Å². The zero-order chi connectivity index (χ0) is 14.1. The molecular weight excluding hydrogens is 257 g/mol.